The summed E-state index contributed by atoms with van der Waals surface area (Å²) >= 11 is 0. The summed E-state index contributed by atoms with van der Waals surface area (Å²) in [6, 6.07) is 5.71. The van der Waals surface area contributed by atoms with Crippen LogP contribution < -0.4 is 4.72 Å². The SMILES string of the molecule is CCNS(=O)(=O)c1ccccc1S(=O)(=O)N1CCC=C(C)C1. The van der Waals surface area contributed by atoms with Gasteiger partial charge in [-0.25, -0.2) is 21.6 Å². The van der Waals surface area contributed by atoms with Crippen molar-refractivity contribution in [1.82, 2.24) is 9.03 Å². The molecule has 0 saturated heterocycles. The molecular weight excluding hydrogens is 324 g/mol. The molecule has 6 nitrogen and oxygen atoms in total. The Morgan fingerprint density at radius 3 is 2.36 bits per heavy atom. The molecular formula is C14H20N2O4S2. The van der Waals surface area contributed by atoms with Crippen LogP contribution in [0.4, 0.5) is 0 Å². The zero-order chi connectivity index (χ0) is 16.4. The van der Waals surface area contributed by atoms with Gasteiger partial charge in [0.25, 0.3) is 0 Å². The molecule has 0 atom stereocenters. The Morgan fingerprint density at radius 2 is 1.77 bits per heavy atom. The number of hydrogen-bond donors (Lipinski definition) is 1. The molecule has 0 spiro atoms. The van der Waals surface area contributed by atoms with E-state index in [4.69, 9.17) is 0 Å². The Morgan fingerprint density at radius 1 is 1.14 bits per heavy atom. The van der Waals surface area contributed by atoms with Crippen LogP contribution in [-0.2, 0) is 20.0 Å². The van der Waals surface area contributed by atoms with E-state index < -0.39 is 20.0 Å². The molecule has 0 bridgehead atoms. The van der Waals surface area contributed by atoms with Crippen molar-refractivity contribution in [3.63, 3.8) is 0 Å². The molecule has 0 saturated carbocycles. The molecule has 8 heteroatoms. The van der Waals surface area contributed by atoms with E-state index in [0.29, 0.717) is 13.0 Å². The maximum absolute atomic E-state index is 12.8. The van der Waals surface area contributed by atoms with E-state index in [1.54, 1.807) is 6.92 Å². The molecule has 122 valence electrons. The van der Waals surface area contributed by atoms with Gasteiger partial charge < -0.3 is 0 Å². The van der Waals surface area contributed by atoms with E-state index in [2.05, 4.69) is 4.72 Å². The van der Waals surface area contributed by atoms with Crippen LogP contribution in [0.1, 0.15) is 20.3 Å². The second-order valence-corrected chi connectivity index (χ2v) is 8.77. The summed E-state index contributed by atoms with van der Waals surface area (Å²) in [6.45, 7) is 4.35. The minimum atomic E-state index is -3.85. The predicted molar refractivity (Wildman–Crippen MR) is 84.4 cm³/mol. The Hall–Kier alpha value is -1.22. The molecule has 1 N–H and O–H groups in total. The molecule has 22 heavy (non-hydrogen) atoms. The smallest absolute Gasteiger partial charge is 0.211 e. The van der Waals surface area contributed by atoms with E-state index in [1.165, 1.54) is 28.6 Å². The number of sulfonamides is 2. The van der Waals surface area contributed by atoms with Crippen molar-refractivity contribution < 1.29 is 16.8 Å². The van der Waals surface area contributed by atoms with Crippen molar-refractivity contribution in [2.24, 2.45) is 0 Å². The molecule has 1 aliphatic heterocycles. The molecule has 2 rings (SSSR count). The third kappa shape index (κ3) is 3.40. The Kier molecular flexibility index (Phi) is 5.06. The van der Waals surface area contributed by atoms with Crippen LogP contribution in [0, 0.1) is 0 Å². The fraction of sp³-hybridized carbons (Fsp3) is 0.429. The summed E-state index contributed by atoms with van der Waals surface area (Å²) in [5.74, 6) is 0. The Labute approximate surface area is 131 Å². The fourth-order valence-corrected chi connectivity index (χ4v) is 5.72. The van der Waals surface area contributed by atoms with Crippen LogP contribution in [-0.4, -0.2) is 40.8 Å². The third-order valence-corrected chi connectivity index (χ3v) is 7.02. The highest BCUT2D eigenvalue weighted by molar-refractivity contribution is 7.92. The number of hydrogen-bond acceptors (Lipinski definition) is 4. The first-order valence-electron chi connectivity index (χ1n) is 7.03. The predicted octanol–water partition coefficient (Wildman–Crippen LogP) is 1.33. The first-order chi connectivity index (χ1) is 10.3. The van der Waals surface area contributed by atoms with Crippen LogP contribution in [0.15, 0.2) is 45.7 Å². The number of benzene rings is 1. The highest BCUT2D eigenvalue weighted by atomic mass is 32.2. The molecule has 0 aliphatic carbocycles. The lowest BCUT2D eigenvalue weighted by Crippen LogP contribution is -2.36. The van der Waals surface area contributed by atoms with Crippen LogP contribution in [0.2, 0.25) is 0 Å². The van der Waals surface area contributed by atoms with E-state index in [0.717, 1.165) is 5.57 Å². The van der Waals surface area contributed by atoms with Gasteiger partial charge in [-0.05, 0) is 25.5 Å². The molecule has 0 aromatic heterocycles. The summed E-state index contributed by atoms with van der Waals surface area (Å²) in [5.41, 5.74) is 0.960. The Balaban J connectivity index is 2.51. The quantitative estimate of drug-likeness (QED) is 0.817. The lowest BCUT2D eigenvalue weighted by atomic mass is 10.2. The van der Waals surface area contributed by atoms with Crippen molar-refractivity contribution in [3.05, 3.63) is 35.9 Å². The van der Waals surface area contributed by atoms with Gasteiger partial charge in [-0.1, -0.05) is 30.7 Å². The molecule has 0 radical (unpaired) electrons. The Bertz CT molecular complexity index is 783. The highest BCUT2D eigenvalue weighted by Crippen LogP contribution is 2.26. The summed E-state index contributed by atoms with van der Waals surface area (Å²) in [7, 11) is -7.70. The van der Waals surface area contributed by atoms with Crippen LogP contribution in [0.3, 0.4) is 0 Å². The zero-order valence-electron chi connectivity index (χ0n) is 12.6. The van der Waals surface area contributed by atoms with Crippen molar-refractivity contribution in [1.29, 1.82) is 0 Å². The average Bonchev–Trinajstić information content (AvgIpc) is 2.47. The topological polar surface area (TPSA) is 83.5 Å². The average molecular weight is 344 g/mol. The van der Waals surface area contributed by atoms with E-state index in [1.807, 2.05) is 13.0 Å². The van der Waals surface area contributed by atoms with Crippen molar-refractivity contribution in [2.45, 2.75) is 30.1 Å². The normalized spacial score (nSPS) is 17.3. The molecule has 1 heterocycles. The second-order valence-electron chi connectivity index (χ2n) is 5.13. The van der Waals surface area contributed by atoms with Gasteiger partial charge in [0.1, 0.15) is 9.79 Å². The number of nitrogens with zero attached hydrogens (tertiary/aromatic N) is 1. The first kappa shape index (κ1) is 17.1. The lowest BCUT2D eigenvalue weighted by molar-refractivity contribution is 0.426. The molecule has 0 fully saturated rings. The minimum Gasteiger partial charge on any atom is -0.211 e. The van der Waals surface area contributed by atoms with E-state index in [9.17, 15) is 16.8 Å². The molecule has 1 aliphatic rings. The largest absolute Gasteiger partial charge is 0.244 e. The maximum Gasteiger partial charge on any atom is 0.244 e. The second kappa shape index (κ2) is 6.49. The van der Waals surface area contributed by atoms with Gasteiger partial charge in [-0.15, -0.1) is 0 Å². The molecule has 1 aromatic carbocycles. The first-order valence-corrected chi connectivity index (χ1v) is 9.96. The van der Waals surface area contributed by atoms with Crippen LogP contribution >= 0.6 is 0 Å². The third-order valence-electron chi connectivity index (χ3n) is 3.39. The highest BCUT2D eigenvalue weighted by Gasteiger charge is 2.31. The van der Waals surface area contributed by atoms with Crippen molar-refractivity contribution >= 4 is 20.0 Å². The van der Waals surface area contributed by atoms with Gasteiger partial charge in [-0.3, -0.25) is 0 Å². The van der Waals surface area contributed by atoms with Crippen LogP contribution in [0.5, 0.6) is 0 Å². The number of nitrogens with one attached hydrogen (secondary N) is 1. The number of rotatable bonds is 5. The molecule has 0 amide bonds. The minimum absolute atomic E-state index is 0.175. The van der Waals surface area contributed by atoms with E-state index >= 15 is 0 Å². The van der Waals surface area contributed by atoms with Gasteiger partial charge in [0.15, 0.2) is 0 Å². The maximum atomic E-state index is 12.8. The summed E-state index contributed by atoms with van der Waals surface area (Å²) in [4.78, 5) is -0.380. The van der Waals surface area contributed by atoms with Crippen LogP contribution in [0.25, 0.3) is 0 Å². The van der Waals surface area contributed by atoms with Gasteiger partial charge in [0.2, 0.25) is 20.0 Å². The van der Waals surface area contributed by atoms with Gasteiger partial charge in [-0.2, -0.15) is 4.31 Å². The van der Waals surface area contributed by atoms with Crippen molar-refractivity contribution in [2.75, 3.05) is 19.6 Å². The monoisotopic (exact) mass is 344 g/mol. The van der Waals surface area contributed by atoms with Crippen molar-refractivity contribution in [3.8, 4) is 0 Å². The zero-order valence-corrected chi connectivity index (χ0v) is 14.2. The molecule has 1 aromatic rings. The summed E-state index contributed by atoms with van der Waals surface area (Å²) < 4.78 is 53.8. The fourth-order valence-electron chi connectivity index (χ4n) is 2.37. The standard InChI is InChI=1S/C14H20N2O4S2/c1-3-15-21(17,18)13-8-4-5-9-14(13)22(19,20)16-10-6-7-12(2)11-16/h4-5,7-9,15H,3,6,10-11H2,1-2H3. The lowest BCUT2D eigenvalue weighted by Gasteiger charge is -2.26. The summed E-state index contributed by atoms with van der Waals surface area (Å²) in [5, 5.41) is 0. The molecule has 0 unspecified atom stereocenters. The van der Waals surface area contributed by atoms with Gasteiger partial charge in [0.05, 0.1) is 0 Å². The van der Waals surface area contributed by atoms with Gasteiger partial charge >= 0.3 is 0 Å². The summed E-state index contributed by atoms with van der Waals surface area (Å²) in [6.07, 6.45) is 2.63. The van der Waals surface area contributed by atoms with Gasteiger partial charge in [0, 0.05) is 19.6 Å². The van der Waals surface area contributed by atoms with E-state index in [-0.39, 0.29) is 22.9 Å².